The Balaban J connectivity index is 2.05. The van der Waals surface area contributed by atoms with Gasteiger partial charge in [-0.1, -0.05) is 24.3 Å². The standard InChI is InChI=1S/C16H22N2O3/c1-17(11-16(20)21)10-15(19)18(2)14-9-5-7-12-6-3-4-8-13(12)14/h3-4,6,8,14H,5,7,9-11H2,1-2H3,(H,20,21). The molecular formula is C16H22N2O3. The van der Waals surface area contributed by atoms with Crippen molar-refractivity contribution in [1.82, 2.24) is 9.80 Å². The lowest BCUT2D eigenvalue weighted by Crippen LogP contribution is -2.41. The highest BCUT2D eigenvalue weighted by atomic mass is 16.4. The number of amides is 1. The van der Waals surface area contributed by atoms with E-state index in [1.54, 1.807) is 11.9 Å². The predicted molar refractivity (Wildman–Crippen MR) is 80.0 cm³/mol. The highest BCUT2D eigenvalue weighted by Gasteiger charge is 2.26. The zero-order valence-electron chi connectivity index (χ0n) is 12.6. The van der Waals surface area contributed by atoms with Gasteiger partial charge in [-0.25, -0.2) is 0 Å². The van der Waals surface area contributed by atoms with E-state index in [1.165, 1.54) is 16.0 Å². The van der Waals surface area contributed by atoms with Crippen LogP contribution < -0.4 is 0 Å². The minimum Gasteiger partial charge on any atom is -0.480 e. The lowest BCUT2D eigenvalue weighted by Gasteiger charge is -2.34. The van der Waals surface area contributed by atoms with E-state index < -0.39 is 5.97 Å². The maximum atomic E-state index is 12.3. The van der Waals surface area contributed by atoms with Crippen molar-refractivity contribution in [3.63, 3.8) is 0 Å². The molecule has 0 spiro atoms. The van der Waals surface area contributed by atoms with Crippen molar-refractivity contribution in [3.05, 3.63) is 35.4 Å². The molecule has 0 aliphatic heterocycles. The molecule has 1 N–H and O–H groups in total. The molecule has 1 atom stereocenters. The van der Waals surface area contributed by atoms with Gasteiger partial charge in [-0.2, -0.15) is 0 Å². The van der Waals surface area contributed by atoms with Gasteiger partial charge >= 0.3 is 5.97 Å². The number of carboxylic acids is 1. The molecule has 1 aliphatic carbocycles. The van der Waals surface area contributed by atoms with Crippen molar-refractivity contribution >= 4 is 11.9 Å². The Hall–Kier alpha value is -1.88. The van der Waals surface area contributed by atoms with Crippen LogP contribution in [-0.2, 0) is 16.0 Å². The van der Waals surface area contributed by atoms with E-state index in [-0.39, 0.29) is 25.0 Å². The van der Waals surface area contributed by atoms with Gasteiger partial charge in [0, 0.05) is 7.05 Å². The van der Waals surface area contributed by atoms with E-state index in [2.05, 4.69) is 12.1 Å². The summed E-state index contributed by atoms with van der Waals surface area (Å²) in [4.78, 5) is 26.3. The normalized spacial score (nSPS) is 17.4. The zero-order chi connectivity index (χ0) is 15.4. The molecule has 0 saturated carbocycles. The molecule has 0 aromatic heterocycles. The Morgan fingerprint density at radius 2 is 1.95 bits per heavy atom. The van der Waals surface area contributed by atoms with E-state index >= 15 is 0 Å². The Morgan fingerprint density at radius 1 is 1.24 bits per heavy atom. The van der Waals surface area contributed by atoms with Gasteiger partial charge in [0.25, 0.3) is 0 Å². The van der Waals surface area contributed by atoms with Crippen molar-refractivity contribution in [2.75, 3.05) is 27.2 Å². The van der Waals surface area contributed by atoms with Crippen molar-refractivity contribution in [2.45, 2.75) is 25.3 Å². The number of hydrogen-bond donors (Lipinski definition) is 1. The van der Waals surface area contributed by atoms with Gasteiger partial charge < -0.3 is 10.0 Å². The number of nitrogens with zero attached hydrogens (tertiary/aromatic N) is 2. The second kappa shape index (κ2) is 6.72. The van der Waals surface area contributed by atoms with Gasteiger partial charge in [0.05, 0.1) is 19.1 Å². The number of aliphatic carboxylic acids is 1. The van der Waals surface area contributed by atoms with E-state index in [0.717, 1.165) is 19.3 Å². The maximum absolute atomic E-state index is 12.3. The number of rotatable bonds is 5. The fourth-order valence-corrected chi connectivity index (χ4v) is 2.93. The predicted octanol–water partition coefficient (Wildman–Crippen LogP) is 1.54. The van der Waals surface area contributed by atoms with E-state index in [0.29, 0.717) is 0 Å². The van der Waals surface area contributed by atoms with Gasteiger partial charge in [0.15, 0.2) is 0 Å². The molecule has 1 aliphatic rings. The third kappa shape index (κ3) is 3.82. The van der Waals surface area contributed by atoms with Crippen LogP contribution in [0.15, 0.2) is 24.3 Å². The minimum absolute atomic E-state index is 0.0412. The largest absolute Gasteiger partial charge is 0.480 e. The fraction of sp³-hybridized carbons (Fsp3) is 0.500. The van der Waals surface area contributed by atoms with Gasteiger partial charge in [0.2, 0.25) is 5.91 Å². The van der Waals surface area contributed by atoms with Gasteiger partial charge in [0.1, 0.15) is 0 Å². The summed E-state index contributed by atoms with van der Waals surface area (Å²) in [6, 6.07) is 8.34. The summed E-state index contributed by atoms with van der Waals surface area (Å²) in [6.07, 6.45) is 3.10. The van der Waals surface area contributed by atoms with Crippen LogP contribution in [0.5, 0.6) is 0 Å². The zero-order valence-corrected chi connectivity index (χ0v) is 12.6. The summed E-state index contributed by atoms with van der Waals surface area (Å²) in [5, 5.41) is 8.75. The molecular weight excluding hydrogens is 268 g/mol. The quantitative estimate of drug-likeness (QED) is 0.893. The van der Waals surface area contributed by atoms with Crippen LogP contribution in [0.3, 0.4) is 0 Å². The highest BCUT2D eigenvalue weighted by Crippen LogP contribution is 2.33. The van der Waals surface area contributed by atoms with Crippen LogP contribution in [0, 0.1) is 0 Å². The number of carboxylic acid groups (broad SMARTS) is 1. The first-order valence-corrected chi connectivity index (χ1v) is 7.23. The number of carbonyl (C=O) groups excluding carboxylic acids is 1. The second-order valence-corrected chi connectivity index (χ2v) is 5.68. The second-order valence-electron chi connectivity index (χ2n) is 5.68. The van der Waals surface area contributed by atoms with Gasteiger partial charge in [-0.15, -0.1) is 0 Å². The smallest absolute Gasteiger partial charge is 0.317 e. The van der Waals surface area contributed by atoms with Crippen LogP contribution in [-0.4, -0.2) is 54.0 Å². The number of likely N-dealkylation sites (N-methyl/N-ethyl adjacent to an activating group) is 2. The maximum Gasteiger partial charge on any atom is 0.317 e. The van der Waals surface area contributed by atoms with Crippen LogP contribution >= 0.6 is 0 Å². The molecule has 5 heteroatoms. The van der Waals surface area contributed by atoms with Crippen LogP contribution in [0.25, 0.3) is 0 Å². The molecule has 114 valence electrons. The van der Waals surface area contributed by atoms with E-state index in [9.17, 15) is 9.59 Å². The average Bonchev–Trinajstić information content (AvgIpc) is 2.44. The summed E-state index contributed by atoms with van der Waals surface area (Å²) in [7, 11) is 3.46. The summed E-state index contributed by atoms with van der Waals surface area (Å²) in [5.74, 6) is -0.962. The Kier molecular flexibility index (Phi) is 4.96. The Morgan fingerprint density at radius 3 is 2.67 bits per heavy atom. The third-order valence-electron chi connectivity index (χ3n) is 4.01. The highest BCUT2D eigenvalue weighted by molar-refractivity contribution is 5.79. The van der Waals surface area contributed by atoms with Crippen LogP contribution in [0.2, 0.25) is 0 Å². The van der Waals surface area contributed by atoms with Gasteiger partial charge in [-0.05, 0) is 37.4 Å². The number of hydrogen-bond acceptors (Lipinski definition) is 3. The van der Waals surface area contributed by atoms with Crippen LogP contribution in [0.1, 0.15) is 30.0 Å². The molecule has 2 rings (SSSR count). The molecule has 0 radical (unpaired) electrons. The summed E-state index contributed by atoms with van der Waals surface area (Å²) in [6.45, 7) is 0.00228. The Labute approximate surface area is 125 Å². The number of carbonyl (C=O) groups is 2. The summed E-state index contributed by atoms with van der Waals surface area (Å²) >= 11 is 0. The summed E-state index contributed by atoms with van der Waals surface area (Å²) in [5.41, 5.74) is 2.53. The lowest BCUT2D eigenvalue weighted by atomic mass is 9.87. The molecule has 0 fully saturated rings. The molecule has 0 heterocycles. The molecule has 5 nitrogen and oxygen atoms in total. The van der Waals surface area contributed by atoms with Crippen molar-refractivity contribution in [2.24, 2.45) is 0 Å². The number of fused-ring (bicyclic) bond motifs is 1. The first-order chi connectivity index (χ1) is 9.99. The molecule has 0 bridgehead atoms. The first-order valence-electron chi connectivity index (χ1n) is 7.23. The molecule has 1 aromatic carbocycles. The van der Waals surface area contributed by atoms with Crippen molar-refractivity contribution in [1.29, 1.82) is 0 Å². The third-order valence-corrected chi connectivity index (χ3v) is 4.01. The molecule has 1 unspecified atom stereocenters. The summed E-state index contributed by atoms with van der Waals surface area (Å²) < 4.78 is 0. The van der Waals surface area contributed by atoms with Crippen molar-refractivity contribution < 1.29 is 14.7 Å². The first kappa shape index (κ1) is 15.5. The molecule has 0 saturated heterocycles. The number of aryl methyl sites for hydroxylation is 1. The minimum atomic E-state index is -0.920. The monoisotopic (exact) mass is 290 g/mol. The molecule has 1 amide bonds. The van der Waals surface area contributed by atoms with E-state index in [1.807, 2.05) is 19.2 Å². The number of benzene rings is 1. The van der Waals surface area contributed by atoms with Crippen molar-refractivity contribution in [3.8, 4) is 0 Å². The van der Waals surface area contributed by atoms with Crippen LogP contribution in [0.4, 0.5) is 0 Å². The lowest BCUT2D eigenvalue weighted by molar-refractivity contribution is -0.139. The van der Waals surface area contributed by atoms with E-state index in [4.69, 9.17) is 5.11 Å². The fourth-order valence-electron chi connectivity index (χ4n) is 2.93. The molecule has 21 heavy (non-hydrogen) atoms. The SMILES string of the molecule is CN(CC(=O)O)CC(=O)N(C)C1CCCc2ccccc21. The topological polar surface area (TPSA) is 60.9 Å². The molecule has 1 aromatic rings. The average molecular weight is 290 g/mol. The Bertz CT molecular complexity index is 530. The van der Waals surface area contributed by atoms with Gasteiger partial charge in [-0.3, -0.25) is 14.5 Å².